The van der Waals surface area contributed by atoms with Crippen molar-refractivity contribution in [1.29, 1.82) is 0 Å². The molecule has 0 aliphatic carbocycles. The Hall–Kier alpha value is -2.65. The number of anilines is 1. The van der Waals surface area contributed by atoms with Crippen LogP contribution in [0.4, 0.5) is 10.1 Å². The predicted octanol–water partition coefficient (Wildman–Crippen LogP) is 0.926. The lowest BCUT2D eigenvalue weighted by atomic mass is 10.0. The quantitative estimate of drug-likeness (QED) is 0.737. The summed E-state index contributed by atoms with van der Waals surface area (Å²) in [6.07, 6.45) is 0.766. The summed E-state index contributed by atoms with van der Waals surface area (Å²) in [5.41, 5.74) is 4.66. The maximum Gasteiger partial charge on any atom is 0.341 e. The molecule has 140 valence electrons. The molecule has 1 aromatic carbocycles. The molecule has 4 N–H and O–H groups in total. The Kier molecular flexibility index (Phi) is 4.37. The molecule has 2 unspecified atom stereocenters. The van der Waals surface area contributed by atoms with Crippen LogP contribution in [0.5, 0.6) is 5.75 Å². The number of carboxylic acid groups (broad SMARTS) is 1. The van der Waals surface area contributed by atoms with Gasteiger partial charge < -0.3 is 30.2 Å². The van der Waals surface area contributed by atoms with Crippen molar-refractivity contribution >= 4 is 22.6 Å². The van der Waals surface area contributed by atoms with E-state index in [0.29, 0.717) is 13.1 Å². The number of hydrogen-bond acceptors (Lipinski definition) is 6. The monoisotopic (exact) mass is 365 g/mol. The number of methoxy groups -OCH3 is 2. The van der Waals surface area contributed by atoms with Gasteiger partial charge in [-0.15, -0.1) is 0 Å². The third-order valence-corrected chi connectivity index (χ3v) is 4.75. The van der Waals surface area contributed by atoms with Crippen molar-refractivity contribution in [2.24, 2.45) is 5.73 Å². The van der Waals surface area contributed by atoms with Crippen LogP contribution in [0.3, 0.4) is 0 Å². The van der Waals surface area contributed by atoms with Crippen LogP contribution >= 0.6 is 0 Å². The van der Waals surface area contributed by atoms with Crippen LogP contribution in [0.1, 0.15) is 17.3 Å². The molecule has 26 heavy (non-hydrogen) atoms. The van der Waals surface area contributed by atoms with E-state index >= 15 is 0 Å². The van der Waals surface area contributed by atoms with Crippen LogP contribution < -0.4 is 20.8 Å². The zero-order valence-electron chi connectivity index (χ0n) is 14.6. The van der Waals surface area contributed by atoms with Crippen LogP contribution in [0, 0.1) is 5.82 Å². The van der Waals surface area contributed by atoms with Crippen LogP contribution in [-0.4, -0.2) is 55.0 Å². The fourth-order valence-corrected chi connectivity index (χ4v) is 3.45. The summed E-state index contributed by atoms with van der Waals surface area (Å²) in [5, 5.41) is 8.98. The first-order valence-corrected chi connectivity index (χ1v) is 7.93. The SMILES string of the molecule is COc1c(N2CC(OC)C(C)(N)C2)c(F)cc2c(=O)c(C(=O)O)c[nH]c12. The minimum atomic E-state index is -1.39. The summed E-state index contributed by atoms with van der Waals surface area (Å²) in [6.45, 7) is 2.48. The minimum absolute atomic E-state index is 0.0963. The van der Waals surface area contributed by atoms with E-state index in [1.54, 1.807) is 4.90 Å². The molecular formula is C17H20FN3O5. The number of aromatic nitrogens is 1. The van der Waals surface area contributed by atoms with E-state index in [9.17, 15) is 14.0 Å². The molecule has 0 radical (unpaired) electrons. The summed E-state index contributed by atoms with van der Waals surface area (Å²) in [6, 6.07) is 1.02. The summed E-state index contributed by atoms with van der Waals surface area (Å²) >= 11 is 0. The largest absolute Gasteiger partial charge is 0.492 e. The first kappa shape index (κ1) is 18.2. The number of ether oxygens (including phenoxy) is 2. The predicted molar refractivity (Wildman–Crippen MR) is 93.6 cm³/mol. The highest BCUT2D eigenvalue weighted by atomic mass is 19.1. The normalized spacial score (nSPS) is 22.8. The highest BCUT2D eigenvalue weighted by Gasteiger charge is 2.42. The van der Waals surface area contributed by atoms with Gasteiger partial charge in [0.15, 0.2) is 11.6 Å². The minimum Gasteiger partial charge on any atom is -0.492 e. The Morgan fingerprint density at radius 1 is 1.50 bits per heavy atom. The number of nitrogens with zero attached hydrogens (tertiary/aromatic N) is 1. The van der Waals surface area contributed by atoms with Crippen LogP contribution in [0.2, 0.25) is 0 Å². The molecule has 0 saturated carbocycles. The van der Waals surface area contributed by atoms with Gasteiger partial charge in [0.05, 0.1) is 29.7 Å². The molecule has 0 spiro atoms. The number of aromatic amines is 1. The summed E-state index contributed by atoms with van der Waals surface area (Å²) in [5.74, 6) is -1.98. The number of fused-ring (bicyclic) bond motifs is 1. The van der Waals surface area contributed by atoms with Crippen LogP contribution in [0.15, 0.2) is 17.1 Å². The molecule has 1 fully saturated rings. The summed E-state index contributed by atoms with van der Waals surface area (Å²) < 4.78 is 25.7. The molecule has 2 aromatic rings. The second kappa shape index (κ2) is 6.26. The van der Waals surface area contributed by atoms with Gasteiger partial charge in [-0.05, 0) is 13.0 Å². The Morgan fingerprint density at radius 2 is 2.19 bits per heavy atom. The number of halogens is 1. The highest BCUT2D eigenvalue weighted by Crippen LogP contribution is 2.40. The third-order valence-electron chi connectivity index (χ3n) is 4.75. The van der Waals surface area contributed by atoms with Gasteiger partial charge >= 0.3 is 5.97 Å². The van der Waals surface area contributed by atoms with Gasteiger partial charge in [-0.3, -0.25) is 4.79 Å². The number of hydrogen-bond donors (Lipinski definition) is 3. The van der Waals surface area contributed by atoms with Crippen molar-refractivity contribution in [3.63, 3.8) is 0 Å². The fraction of sp³-hybridized carbons (Fsp3) is 0.412. The van der Waals surface area contributed by atoms with Gasteiger partial charge in [0, 0.05) is 26.4 Å². The standard InChI is InChI=1S/C17H20FN3O5/c1-17(19)7-21(6-11(17)25-2)13-10(18)4-8-12(15(13)26-3)20-5-9(14(8)22)16(23)24/h4-5,11H,6-7,19H2,1-3H3,(H,20,22)(H,23,24). The van der Waals surface area contributed by atoms with Gasteiger partial charge in [-0.1, -0.05) is 0 Å². The van der Waals surface area contributed by atoms with Crippen LogP contribution in [-0.2, 0) is 4.74 Å². The van der Waals surface area contributed by atoms with Crippen molar-refractivity contribution in [1.82, 2.24) is 4.98 Å². The topological polar surface area (TPSA) is 118 Å². The number of benzene rings is 1. The fourth-order valence-electron chi connectivity index (χ4n) is 3.45. The molecule has 1 aliphatic rings. The van der Waals surface area contributed by atoms with Crippen molar-refractivity contribution in [2.45, 2.75) is 18.6 Å². The molecule has 1 aromatic heterocycles. The average molecular weight is 365 g/mol. The maximum atomic E-state index is 14.9. The molecule has 9 heteroatoms. The van der Waals surface area contributed by atoms with Crippen molar-refractivity contribution in [3.05, 3.63) is 33.9 Å². The lowest BCUT2D eigenvalue weighted by molar-refractivity contribution is 0.0695. The highest BCUT2D eigenvalue weighted by molar-refractivity contribution is 5.96. The van der Waals surface area contributed by atoms with Crippen molar-refractivity contribution in [2.75, 3.05) is 32.2 Å². The molecule has 2 atom stereocenters. The first-order valence-electron chi connectivity index (χ1n) is 7.93. The second-order valence-electron chi connectivity index (χ2n) is 6.61. The lowest BCUT2D eigenvalue weighted by Crippen LogP contribution is -2.48. The van der Waals surface area contributed by atoms with Crippen LogP contribution in [0.25, 0.3) is 10.9 Å². The number of pyridine rings is 1. The van der Waals surface area contributed by atoms with E-state index in [2.05, 4.69) is 4.98 Å². The number of rotatable bonds is 4. The molecule has 8 nitrogen and oxygen atoms in total. The molecular weight excluding hydrogens is 345 g/mol. The Balaban J connectivity index is 2.22. The second-order valence-corrected chi connectivity index (χ2v) is 6.61. The van der Waals surface area contributed by atoms with E-state index < -0.39 is 28.3 Å². The smallest absolute Gasteiger partial charge is 0.341 e. The van der Waals surface area contributed by atoms with E-state index in [-0.39, 0.29) is 28.4 Å². The third kappa shape index (κ3) is 2.69. The van der Waals surface area contributed by atoms with Crippen molar-refractivity contribution < 1.29 is 23.8 Å². The van der Waals surface area contributed by atoms with Gasteiger partial charge in [-0.25, -0.2) is 9.18 Å². The molecule has 1 saturated heterocycles. The number of carboxylic acids is 1. The zero-order valence-corrected chi connectivity index (χ0v) is 14.6. The van der Waals surface area contributed by atoms with E-state index in [1.165, 1.54) is 14.2 Å². The average Bonchev–Trinajstić information content (AvgIpc) is 2.88. The molecule has 0 bridgehead atoms. The number of aromatic carboxylic acids is 1. The summed E-state index contributed by atoms with van der Waals surface area (Å²) in [4.78, 5) is 27.9. The van der Waals surface area contributed by atoms with Crippen molar-refractivity contribution in [3.8, 4) is 5.75 Å². The number of nitrogens with two attached hydrogens (primary N) is 1. The van der Waals surface area contributed by atoms with Gasteiger partial charge in [-0.2, -0.15) is 0 Å². The Bertz CT molecular complexity index is 940. The Labute approximate surface area is 148 Å². The first-order chi connectivity index (χ1) is 12.2. The molecule has 2 heterocycles. The molecule has 3 rings (SSSR count). The summed E-state index contributed by atoms with van der Waals surface area (Å²) in [7, 11) is 2.89. The van der Waals surface area contributed by atoms with Gasteiger partial charge in [0.25, 0.3) is 0 Å². The Morgan fingerprint density at radius 3 is 2.73 bits per heavy atom. The molecule has 0 amide bonds. The number of H-pyrrole nitrogens is 1. The van der Waals surface area contributed by atoms with Gasteiger partial charge in [0.1, 0.15) is 11.3 Å². The number of carbonyl (C=O) groups is 1. The van der Waals surface area contributed by atoms with E-state index in [0.717, 1.165) is 12.3 Å². The van der Waals surface area contributed by atoms with E-state index in [1.807, 2.05) is 6.92 Å². The van der Waals surface area contributed by atoms with Gasteiger partial charge in [0.2, 0.25) is 5.43 Å². The lowest BCUT2D eigenvalue weighted by Gasteiger charge is -2.25. The maximum absolute atomic E-state index is 14.9. The number of nitrogens with one attached hydrogen (secondary N) is 1. The van der Waals surface area contributed by atoms with E-state index in [4.69, 9.17) is 20.3 Å². The zero-order chi connectivity index (χ0) is 19.2. The molecule has 1 aliphatic heterocycles.